The van der Waals surface area contributed by atoms with Gasteiger partial charge in [0.1, 0.15) is 13.2 Å². The Morgan fingerprint density at radius 2 is 1.73 bits per heavy atom. The SMILES string of the molecule is C=C(C)C(=O)OCC[N+](C)(C)CCCOC(=O)C(C#N)C#N. The third-order valence-electron chi connectivity index (χ3n) is 2.92. The number of likely N-dealkylation sites (N-methyl/N-ethyl adjacent to an activating group) is 1. The third-order valence-corrected chi connectivity index (χ3v) is 2.92. The molecule has 22 heavy (non-hydrogen) atoms. The summed E-state index contributed by atoms with van der Waals surface area (Å²) >= 11 is 0. The summed E-state index contributed by atoms with van der Waals surface area (Å²) in [5, 5.41) is 17.1. The van der Waals surface area contributed by atoms with E-state index < -0.39 is 17.9 Å². The lowest BCUT2D eigenvalue weighted by molar-refractivity contribution is -0.890. The largest absolute Gasteiger partial charge is 0.464 e. The number of carbonyl (C=O) groups is 2. The number of hydrogen-bond acceptors (Lipinski definition) is 6. The molecule has 0 radical (unpaired) electrons. The molecule has 0 N–H and O–H groups in total. The lowest BCUT2D eigenvalue weighted by Gasteiger charge is -2.29. The monoisotopic (exact) mass is 308 g/mol. The molecule has 0 aliphatic carbocycles. The number of carbonyl (C=O) groups excluding carboxylic acids is 2. The van der Waals surface area contributed by atoms with Crippen LogP contribution in [-0.4, -0.2) is 56.8 Å². The molecular formula is C15H22N3O4+. The van der Waals surface area contributed by atoms with Crippen LogP contribution in [0.2, 0.25) is 0 Å². The van der Waals surface area contributed by atoms with Crippen LogP contribution in [0.25, 0.3) is 0 Å². The lowest BCUT2D eigenvalue weighted by atomic mass is 10.2. The summed E-state index contributed by atoms with van der Waals surface area (Å²) in [6.07, 6.45) is 0.580. The first kappa shape index (κ1) is 19.6. The Morgan fingerprint density at radius 3 is 2.23 bits per heavy atom. The Hall–Kier alpha value is -2.38. The molecule has 0 aromatic heterocycles. The predicted octanol–water partition coefficient (Wildman–Crippen LogP) is 0.779. The molecule has 0 bridgehead atoms. The molecule has 7 heteroatoms. The summed E-state index contributed by atoms with van der Waals surface area (Å²) in [5.41, 5.74) is 0.363. The molecule has 0 unspecified atom stereocenters. The van der Waals surface area contributed by atoms with Crippen molar-refractivity contribution < 1.29 is 23.5 Å². The summed E-state index contributed by atoms with van der Waals surface area (Å²) in [5.74, 6) is -2.59. The van der Waals surface area contributed by atoms with E-state index in [0.717, 1.165) is 0 Å². The van der Waals surface area contributed by atoms with Gasteiger partial charge in [-0.1, -0.05) is 6.58 Å². The maximum absolute atomic E-state index is 11.3. The first-order valence-corrected chi connectivity index (χ1v) is 6.84. The summed E-state index contributed by atoms with van der Waals surface area (Å²) < 4.78 is 10.5. The molecule has 0 atom stereocenters. The van der Waals surface area contributed by atoms with Crippen molar-refractivity contribution in [1.82, 2.24) is 0 Å². The Bertz CT molecular complexity index is 486. The van der Waals surface area contributed by atoms with Gasteiger partial charge < -0.3 is 14.0 Å². The van der Waals surface area contributed by atoms with Gasteiger partial charge in [0, 0.05) is 12.0 Å². The lowest BCUT2D eigenvalue weighted by Crippen LogP contribution is -2.43. The highest BCUT2D eigenvalue weighted by molar-refractivity contribution is 5.86. The van der Waals surface area contributed by atoms with Crippen LogP contribution in [0.5, 0.6) is 0 Å². The van der Waals surface area contributed by atoms with Gasteiger partial charge in [-0.2, -0.15) is 10.5 Å². The molecule has 0 aromatic rings. The van der Waals surface area contributed by atoms with E-state index in [4.69, 9.17) is 20.0 Å². The summed E-state index contributed by atoms with van der Waals surface area (Å²) in [4.78, 5) is 22.5. The molecule has 0 heterocycles. The molecule has 0 fully saturated rings. The van der Waals surface area contributed by atoms with Gasteiger partial charge in [-0.25, -0.2) is 9.59 Å². The van der Waals surface area contributed by atoms with Gasteiger partial charge in [0.15, 0.2) is 0 Å². The van der Waals surface area contributed by atoms with Crippen molar-refractivity contribution in [2.75, 3.05) is 40.4 Å². The second kappa shape index (κ2) is 9.54. The fourth-order valence-electron chi connectivity index (χ4n) is 1.50. The number of hydrogen-bond donors (Lipinski definition) is 0. The summed E-state index contributed by atoms with van der Waals surface area (Å²) in [6.45, 7) is 6.83. The van der Waals surface area contributed by atoms with Crippen LogP contribution in [-0.2, 0) is 19.1 Å². The van der Waals surface area contributed by atoms with Crippen molar-refractivity contribution in [3.63, 3.8) is 0 Å². The molecule has 7 nitrogen and oxygen atoms in total. The van der Waals surface area contributed by atoms with E-state index in [1.807, 2.05) is 14.1 Å². The van der Waals surface area contributed by atoms with Gasteiger partial charge in [0.05, 0.1) is 39.4 Å². The summed E-state index contributed by atoms with van der Waals surface area (Å²) in [6, 6.07) is 3.12. The van der Waals surface area contributed by atoms with Crippen molar-refractivity contribution >= 4 is 11.9 Å². The second-order valence-corrected chi connectivity index (χ2v) is 5.51. The Balaban J connectivity index is 3.97. The Labute approximate surface area is 130 Å². The smallest absolute Gasteiger partial charge is 0.338 e. The zero-order valence-electron chi connectivity index (χ0n) is 13.3. The fraction of sp³-hybridized carbons (Fsp3) is 0.600. The minimum absolute atomic E-state index is 0.145. The van der Waals surface area contributed by atoms with Gasteiger partial charge in [-0.15, -0.1) is 0 Å². The maximum atomic E-state index is 11.3. The molecule has 0 amide bonds. The summed E-state index contributed by atoms with van der Waals surface area (Å²) in [7, 11) is 3.92. The van der Waals surface area contributed by atoms with Crippen LogP contribution in [0.4, 0.5) is 0 Å². The zero-order valence-corrected chi connectivity index (χ0v) is 13.3. The number of esters is 2. The van der Waals surface area contributed by atoms with Crippen molar-refractivity contribution in [2.24, 2.45) is 5.92 Å². The van der Waals surface area contributed by atoms with Crippen molar-refractivity contribution in [1.29, 1.82) is 10.5 Å². The van der Waals surface area contributed by atoms with Crippen molar-refractivity contribution in [2.45, 2.75) is 13.3 Å². The quantitative estimate of drug-likeness (QED) is 0.270. The molecule has 120 valence electrons. The van der Waals surface area contributed by atoms with E-state index in [0.29, 0.717) is 29.6 Å². The zero-order chi connectivity index (χ0) is 17.2. The highest BCUT2D eigenvalue weighted by Gasteiger charge is 2.20. The molecule has 0 rings (SSSR count). The molecule has 0 aliphatic rings. The first-order valence-electron chi connectivity index (χ1n) is 6.84. The molecule has 0 saturated carbocycles. The van der Waals surface area contributed by atoms with E-state index >= 15 is 0 Å². The maximum Gasteiger partial charge on any atom is 0.338 e. The van der Waals surface area contributed by atoms with E-state index in [-0.39, 0.29) is 13.2 Å². The van der Waals surface area contributed by atoms with Crippen LogP contribution < -0.4 is 0 Å². The topological polar surface area (TPSA) is 100 Å². The highest BCUT2D eigenvalue weighted by Crippen LogP contribution is 2.03. The molecular weight excluding hydrogens is 286 g/mol. The standard InChI is InChI=1S/C15H22N3O4/c1-12(2)14(19)22-9-7-18(3,4)6-5-8-21-15(20)13(10-16)11-17/h13H,1,5-9H2,2-4H3/q+1. The Kier molecular flexibility index (Phi) is 8.51. The predicted molar refractivity (Wildman–Crippen MR) is 77.9 cm³/mol. The molecule has 0 saturated heterocycles. The number of nitrogens with zero attached hydrogens (tertiary/aromatic N) is 3. The van der Waals surface area contributed by atoms with E-state index in [2.05, 4.69) is 6.58 Å². The van der Waals surface area contributed by atoms with Gasteiger partial charge in [-0.05, 0) is 6.92 Å². The van der Waals surface area contributed by atoms with Crippen LogP contribution in [0, 0.1) is 28.6 Å². The van der Waals surface area contributed by atoms with Crippen LogP contribution in [0.1, 0.15) is 13.3 Å². The van der Waals surface area contributed by atoms with Crippen molar-refractivity contribution in [3.05, 3.63) is 12.2 Å². The van der Waals surface area contributed by atoms with Crippen molar-refractivity contribution in [3.8, 4) is 12.1 Å². The number of quaternary nitrogens is 1. The van der Waals surface area contributed by atoms with Crippen LogP contribution >= 0.6 is 0 Å². The average molecular weight is 308 g/mol. The Morgan fingerprint density at radius 1 is 1.14 bits per heavy atom. The van der Waals surface area contributed by atoms with Gasteiger partial charge in [0.25, 0.3) is 0 Å². The van der Waals surface area contributed by atoms with E-state index in [9.17, 15) is 9.59 Å². The van der Waals surface area contributed by atoms with E-state index in [1.54, 1.807) is 19.1 Å². The number of nitriles is 2. The number of rotatable bonds is 9. The normalized spacial score (nSPS) is 10.5. The first-order chi connectivity index (χ1) is 10.2. The highest BCUT2D eigenvalue weighted by atomic mass is 16.5. The van der Waals surface area contributed by atoms with Crippen LogP contribution in [0.3, 0.4) is 0 Å². The fourth-order valence-corrected chi connectivity index (χ4v) is 1.50. The molecule has 0 aromatic carbocycles. The minimum Gasteiger partial charge on any atom is -0.464 e. The van der Waals surface area contributed by atoms with Gasteiger partial charge >= 0.3 is 11.9 Å². The average Bonchev–Trinajstić information content (AvgIpc) is 2.44. The van der Waals surface area contributed by atoms with Gasteiger partial charge in [0.2, 0.25) is 5.92 Å². The second-order valence-electron chi connectivity index (χ2n) is 5.51. The van der Waals surface area contributed by atoms with E-state index in [1.165, 1.54) is 0 Å². The van der Waals surface area contributed by atoms with Gasteiger partial charge in [-0.3, -0.25) is 0 Å². The molecule has 0 spiro atoms. The number of ether oxygens (including phenoxy) is 2. The minimum atomic E-state index is -1.37. The molecule has 0 aliphatic heterocycles. The van der Waals surface area contributed by atoms with Crippen LogP contribution in [0.15, 0.2) is 12.2 Å². The third kappa shape index (κ3) is 8.03.